The van der Waals surface area contributed by atoms with Gasteiger partial charge in [-0.05, 0) is 68.9 Å². The van der Waals surface area contributed by atoms with Crippen LogP contribution in [0.15, 0.2) is 30.3 Å². The van der Waals surface area contributed by atoms with Crippen molar-refractivity contribution in [2.45, 2.75) is 71.0 Å². The van der Waals surface area contributed by atoms with E-state index >= 15 is 0 Å². The van der Waals surface area contributed by atoms with Gasteiger partial charge in [0.1, 0.15) is 0 Å². The highest BCUT2D eigenvalue weighted by Crippen LogP contribution is 2.64. The first-order chi connectivity index (χ1) is 13.7. The number of carbonyl (C=O) groups is 2. The van der Waals surface area contributed by atoms with E-state index in [2.05, 4.69) is 36.7 Å². The second-order valence-corrected chi connectivity index (χ2v) is 10.2. The van der Waals surface area contributed by atoms with Gasteiger partial charge in [-0.15, -0.1) is 0 Å². The van der Waals surface area contributed by atoms with Crippen LogP contribution in [0.1, 0.15) is 65.0 Å². The van der Waals surface area contributed by atoms with Crippen LogP contribution in [-0.4, -0.2) is 29.9 Å². The molecule has 0 aromatic heterocycles. The molecule has 0 unspecified atom stereocenters. The molecule has 1 aliphatic heterocycles. The van der Waals surface area contributed by atoms with Crippen molar-refractivity contribution >= 4 is 11.8 Å². The number of nitrogens with one attached hydrogen (secondary N) is 3. The van der Waals surface area contributed by atoms with E-state index in [9.17, 15) is 9.59 Å². The van der Waals surface area contributed by atoms with E-state index in [1.165, 1.54) is 0 Å². The zero-order chi connectivity index (χ0) is 20.8. The van der Waals surface area contributed by atoms with Gasteiger partial charge < -0.3 is 16.0 Å². The van der Waals surface area contributed by atoms with Gasteiger partial charge in [-0.1, -0.05) is 44.2 Å². The van der Waals surface area contributed by atoms with E-state index in [-0.39, 0.29) is 35.2 Å². The highest BCUT2D eigenvalue weighted by Gasteiger charge is 2.65. The second kappa shape index (κ2) is 7.42. The molecular weight excluding hydrogens is 362 g/mol. The largest absolute Gasteiger partial charge is 0.349 e. The molecule has 0 radical (unpaired) electrons. The van der Waals surface area contributed by atoms with Gasteiger partial charge in [0.15, 0.2) is 0 Å². The van der Waals surface area contributed by atoms with E-state index in [4.69, 9.17) is 0 Å². The fraction of sp³-hybridized carbons (Fsp3) is 0.667. The van der Waals surface area contributed by atoms with Crippen molar-refractivity contribution in [3.63, 3.8) is 0 Å². The number of benzene rings is 1. The summed E-state index contributed by atoms with van der Waals surface area (Å²) in [6, 6.07) is 9.88. The summed E-state index contributed by atoms with van der Waals surface area (Å²) in [7, 11) is 0. The molecule has 3 N–H and O–H groups in total. The Kier molecular flexibility index (Phi) is 5.22. The lowest BCUT2D eigenvalue weighted by Gasteiger charge is -2.66. The topological polar surface area (TPSA) is 70.2 Å². The van der Waals surface area contributed by atoms with Gasteiger partial charge in [-0.3, -0.25) is 9.59 Å². The minimum atomic E-state index is -0.514. The summed E-state index contributed by atoms with van der Waals surface area (Å²) in [5.74, 6) is 0.788. The molecule has 3 aliphatic carbocycles. The van der Waals surface area contributed by atoms with Crippen molar-refractivity contribution in [2.75, 3.05) is 6.54 Å². The molecule has 4 aliphatic rings. The fourth-order valence-electron chi connectivity index (χ4n) is 6.16. The number of hydrogen-bond donors (Lipinski definition) is 3. The van der Waals surface area contributed by atoms with Crippen molar-refractivity contribution in [3.8, 4) is 0 Å². The third kappa shape index (κ3) is 3.48. The maximum Gasteiger partial charge on any atom is 0.237 e. The second-order valence-electron chi connectivity index (χ2n) is 10.2. The molecule has 4 fully saturated rings. The van der Waals surface area contributed by atoms with Crippen LogP contribution in [0, 0.1) is 23.2 Å². The molecular formula is C24H35N3O2. The van der Waals surface area contributed by atoms with Gasteiger partial charge in [-0.25, -0.2) is 0 Å². The normalized spacial score (nSPS) is 36.0. The third-order valence-corrected chi connectivity index (χ3v) is 8.18. The lowest BCUT2D eigenvalue weighted by Crippen LogP contribution is -2.73. The Hall–Kier alpha value is -1.88. The molecule has 1 saturated heterocycles. The molecule has 5 rings (SSSR count). The lowest BCUT2D eigenvalue weighted by molar-refractivity contribution is -0.171. The van der Waals surface area contributed by atoms with Gasteiger partial charge in [0.05, 0.1) is 23.5 Å². The number of carbonyl (C=O) groups excluding carboxylic acids is 2. The Morgan fingerprint density at radius 1 is 1.10 bits per heavy atom. The quantitative estimate of drug-likeness (QED) is 0.715. The first kappa shape index (κ1) is 20.4. The van der Waals surface area contributed by atoms with Gasteiger partial charge in [0.25, 0.3) is 0 Å². The molecule has 1 heterocycles. The molecule has 1 aromatic carbocycles. The summed E-state index contributed by atoms with van der Waals surface area (Å²) in [4.78, 5) is 26.4. The molecule has 2 amide bonds. The van der Waals surface area contributed by atoms with Crippen LogP contribution in [0.3, 0.4) is 0 Å². The summed E-state index contributed by atoms with van der Waals surface area (Å²) in [6.07, 6.45) is 3.84. The van der Waals surface area contributed by atoms with Gasteiger partial charge in [0.2, 0.25) is 11.8 Å². The highest BCUT2D eigenvalue weighted by atomic mass is 16.2. The Labute approximate surface area is 174 Å². The van der Waals surface area contributed by atoms with Crippen LogP contribution in [-0.2, 0) is 9.59 Å². The Bertz CT molecular complexity index is 772. The minimum absolute atomic E-state index is 0.0496. The lowest BCUT2D eigenvalue weighted by atomic mass is 9.40. The molecule has 5 heteroatoms. The van der Waals surface area contributed by atoms with Crippen molar-refractivity contribution in [1.29, 1.82) is 0 Å². The van der Waals surface area contributed by atoms with Crippen molar-refractivity contribution in [2.24, 2.45) is 23.2 Å². The Balaban J connectivity index is 1.53. The molecule has 3 saturated carbocycles. The van der Waals surface area contributed by atoms with Crippen molar-refractivity contribution in [3.05, 3.63) is 35.9 Å². The van der Waals surface area contributed by atoms with Crippen molar-refractivity contribution in [1.82, 2.24) is 16.0 Å². The van der Waals surface area contributed by atoms with Crippen LogP contribution in [0.2, 0.25) is 0 Å². The Morgan fingerprint density at radius 3 is 2.45 bits per heavy atom. The highest BCUT2D eigenvalue weighted by molar-refractivity contribution is 5.86. The van der Waals surface area contributed by atoms with Crippen LogP contribution in [0.4, 0.5) is 0 Å². The predicted molar refractivity (Wildman–Crippen MR) is 114 cm³/mol. The van der Waals surface area contributed by atoms with Crippen LogP contribution in [0.5, 0.6) is 0 Å². The zero-order valence-corrected chi connectivity index (χ0v) is 18.1. The molecule has 5 nitrogen and oxygen atoms in total. The first-order valence-corrected chi connectivity index (χ1v) is 11.1. The first-order valence-electron chi connectivity index (χ1n) is 11.1. The summed E-state index contributed by atoms with van der Waals surface area (Å²) in [5.41, 5.74) is 0.746. The molecule has 2 bridgehead atoms. The smallest absolute Gasteiger partial charge is 0.237 e. The van der Waals surface area contributed by atoms with E-state index in [1.807, 2.05) is 37.3 Å². The molecule has 6 atom stereocenters. The number of fused-ring (bicyclic) bond motifs is 2. The SMILES string of the molecule is C[C@@H](NC(=O)[C@@H]1C[C@@H]2C[C@@H](C2(C)C)[C@]1(C)NC(=O)[C@@H]1CCCN1)c1ccccc1. The summed E-state index contributed by atoms with van der Waals surface area (Å²) in [6.45, 7) is 9.62. The average molecular weight is 398 g/mol. The van der Waals surface area contributed by atoms with E-state index in [1.54, 1.807) is 0 Å². The minimum Gasteiger partial charge on any atom is -0.349 e. The third-order valence-electron chi connectivity index (χ3n) is 8.18. The molecule has 1 aromatic rings. The van der Waals surface area contributed by atoms with Crippen LogP contribution < -0.4 is 16.0 Å². The Morgan fingerprint density at radius 2 is 1.83 bits per heavy atom. The average Bonchev–Trinajstić information content (AvgIpc) is 3.22. The monoisotopic (exact) mass is 397 g/mol. The zero-order valence-electron chi connectivity index (χ0n) is 18.1. The summed E-state index contributed by atoms with van der Waals surface area (Å²) in [5, 5.41) is 9.89. The fourth-order valence-corrected chi connectivity index (χ4v) is 6.16. The van der Waals surface area contributed by atoms with E-state index in [0.717, 1.165) is 37.8 Å². The van der Waals surface area contributed by atoms with E-state index in [0.29, 0.717) is 11.8 Å². The standard InChI is InChI=1S/C24H35N3O2/c1-15(16-9-6-5-7-10-16)26-21(28)18-13-17-14-20(23(17,2)3)24(18,4)27-22(29)19-11-8-12-25-19/h5-7,9-10,15,17-20,25H,8,11-14H2,1-4H3,(H,26,28)(H,27,29)/t15-,17-,18+,19+,20+,24-/m1/s1. The van der Waals surface area contributed by atoms with Crippen LogP contribution >= 0.6 is 0 Å². The van der Waals surface area contributed by atoms with Gasteiger partial charge >= 0.3 is 0 Å². The maximum absolute atomic E-state index is 13.4. The van der Waals surface area contributed by atoms with Gasteiger partial charge in [-0.2, -0.15) is 0 Å². The van der Waals surface area contributed by atoms with E-state index < -0.39 is 5.54 Å². The van der Waals surface area contributed by atoms with Gasteiger partial charge in [0, 0.05) is 0 Å². The molecule has 29 heavy (non-hydrogen) atoms. The van der Waals surface area contributed by atoms with Crippen LogP contribution in [0.25, 0.3) is 0 Å². The number of hydrogen-bond acceptors (Lipinski definition) is 3. The number of amides is 2. The van der Waals surface area contributed by atoms with Crippen molar-refractivity contribution < 1.29 is 9.59 Å². The predicted octanol–water partition coefficient (Wildman–Crippen LogP) is 3.17. The summed E-state index contributed by atoms with van der Waals surface area (Å²) < 4.78 is 0. The summed E-state index contributed by atoms with van der Waals surface area (Å²) >= 11 is 0. The number of rotatable bonds is 5. The maximum atomic E-state index is 13.4. The molecule has 158 valence electrons. The molecule has 0 spiro atoms.